The van der Waals surface area contributed by atoms with E-state index < -0.39 is 17.6 Å². The molecule has 1 unspecified atom stereocenters. The molecule has 0 spiro atoms. The molecular formula is C16H16N2O4. The van der Waals surface area contributed by atoms with Crippen molar-refractivity contribution in [2.75, 3.05) is 0 Å². The average Bonchev–Trinajstić information content (AvgIpc) is 2.89. The molecule has 114 valence electrons. The van der Waals surface area contributed by atoms with Gasteiger partial charge >= 0.3 is 5.97 Å². The molecule has 3 rings (SSSR count). The number of rotatable bonds is 5. The first-order valence-electron chi connectivity index (χ1n) is 7.24. The lowest BCUT2D eigenvalue weighted by Crippen LogP contribution is -2.29. The summed E-state index contributed by atoms with van der Waals surface area (Å²) in [4.78, 5) is 28.3. The second-order valence-electron chi connectivity index (χ2n) is 5.23. The molecule has 2 heterocycles. The molecule has 0 radical (unpaired) electrons. The summed E-state index contributed by atoms with van der Waals surface area (Å²) in [7, 11) is 0. The first-order valence-corrected chi connectivity index (χ1v) is 7.24. The standard InChI is InChI=1S/C16H16N2O4/c1-2-3-7-11(16(20)21)18-9-17-13-10-6-4-5-8-12(10)22-14(13)15(18)19/h4-6,8-9,11H,2-3,7H2,1H3,(H,20,21). The van der Waals surface area contributed by atoms with Crippen LogP contribution in [0.3, 0.4) is 0 Å². The van der Waals surface area contributed by atoms with Gasteiger partial charge in [0.25, 0.3) is 5.56 Å². The van der Waals surface area contributed by atoms with Crippen LogP contribution >= 0.6 is 0 Å². The van der Waals surface area contributed by atoms with Gasteiger partial charge in [-0.15, -0.1) is 0 Å². The van der Waals surface area contributed by atoms with Gasteiger partial charge in [0, 0.05) is 5.39 Å². The van der Waals surface area contributed by atoms with Crippen molar-refractivity contribution in [3.8, 4) is 0 Å². The van der Waals surface area contributed by atoms with E-state index in [4.69, 9.17) is 4.42 Å². The quantitative estimate of drug-likeness (QED) is 0.783. The zero-order valence-electron chi connectivity index (χ0n) is 12.2. The molecule has 0 aliphatic heterocycles. The Hall–Kier alpha value is -2.63. The minimum absolute atomic E-state index is 0.103. The second kappa shape index (κ2) is 5.63. The molecule has 6 heteroatoms. The van der Waals surface area contributed by atoms with E-state index in [2.05, 4.69) is 4.98 Å². The summed E-state index contributed by atoms with van der Waals surface area (Å²) in [5.74, 6) is -1.03. The van der Waals surface area contributed by atoms with Gasteiger partial charge in [-0.2, -0.15) is 0 Å². The molecule has 0 amide bonds. The largest absolute Gasteiger partial charge is 0.480 e. The van der Waals surface area contributed by atoms with Crippen LogP contribution in [-0.2, 0) is 4.79 Å². The van der Waals surface area contributed by atoms with E-state index in [0.717, 1.165) is 22.8 Å². The maximum Gasteiger partial charge on any atom is 0.326 e. The maximum atomic E-state index is 12.6. The van der Waals surface area contributed by atoms with Crippen LogP contribution in [0.4, 0.5) is 0 Å². The lowest BCUT2D eigenvalue weighted by Gasteiger charge is -2.14. The molecule has 0 fully saturated rings. The number of benzene rings is 1. The van der Waals surface area contributed by atoms with Gasteiger partial charge in [0.1, 0.15) is 17.1 Å². The van der Waals surface area contributed by atoms with Crippen molar-refractivity contribution in [1.29, 1.82) is 0 Å². The van der Waals surface area contributed by atoms with Crippen molar-refractivity contribution in [1.82, 2.24) is 9.55 Å². The number of para-hydroxylation sites is 1. The van der Waals surface area contributed by atoms with Gasteiger partial charge in [0.15, 0.2) is 0 Å². The molecule has 6 nitrogen and oxygen atoms in total. The third-order valence-corrected chi connectivity index (χ3v) is 3.76. The number of nitrogens with zero attached hydrogens (tertiary/aromatic N) is 2. The highest BCUT2D eigenvalue weighted by atomic mass is 16.4. The van der Waals surface area contributed by atoms with Crippen LogP contribution in [0.1, 0.15) is 32.2 Å². The van der Waals surface area contributed by atoms with Crippen LogP contribution in [-0.4, -0.2) is 20.6 Å². The molecule has 0 bridgehead atoms. The first-order chi connectivity index (χ1) is 10.6. The Balaban J connectivity index is 2.19. The number of carboxylic acids is 1. The molecule has 1 atom stereocenters. The highest BCUT2D eigenvalue weighted by Crippen LogP contribution is 2.25. The molecule has 1 N–H and O–H groups in total. The number of fused-ring (bicyclic) bond motifs is 3. The van der Waals surface area contributed by atoms with Gasteiger partial charge in [0.2, 0.25) is 5.58 Å². The van der Waals surface area contributed by atoms with Crippen LogP contribution in [0, 0.1) is 0 Å². The van der Waals surface area contributed by atoms with Crippen molar-refractivity contribution in [2.24, 2.45) is 0 Å². The van der Waals surface area contributed by atoms with E-state index in [1.807, 2.05) is 25.1 Å². The first kappa shape index (κ1) is 14.3. The van der Waals surface area contributed by atoms with Crippen molar-refractivity contribution in [3.05, 3.63) is 40.9 Å². The number of hydrogen-bond donors (Lipinski definition) is 1. The van der Waals surface area contributed by atoms with Crippen LogP contribution in [0.2, 0.25) is 0 Å². The molecule has 0 aliphatic carbocycles. The number of hydrogen-bond acceptors (Lipinski definition) is 4. The van der Waals surface area contributed by atoms with Gasteiger partial charge in [-0.05, 0) is 18.6 Å². The topological polar surface area (TPSA) is 85.3 Å². The van der Waals surface area contributed by atoms with Crippen LogP contribution in [0.5, 0.6) is 0 Å². The number of aromatic nitrogens is 2. The Bertz CT molecular complexity index is 894. The molecule has 0 saturated carbocycles. The Morgan fingerprint density at radius 2 is 2.18 bits per heavy atom. The Morgan fingerprint density at radius 3 is 2.91 bits per heavy atom. The van der Waals surface area contributed by atoms with Crippen molar-refractivity contribution < 1.29 is 14.3 Å². The third kappa shape index (κ3) is 2.26. The zero-order valence-corrected chi connectivity index (χ0v) is 12.2. The number of carboxylic acid groups (broad SMARTS) is 1. The van der Waals surface area contributed by atoms with E-state index in [-0.39, 0.29) is 5.58 Å². The minimum atomic E-state index is -1.03. The van der Waals surface area contributed by atoms with E-state index in [1.54, 1.807) is 6.07 Å². The van der Waals surface area contributed by atoms with Gasteiger partial charge in [-0.1, -0.05) is 31.9 Å². The number of aliphatic carboxylic acids is 1. The van der Waals surface area contributed by atoms with Crippen molar-refractivity contribution in [2.45, 2.75) is 32.2 Å². The normalized spacial score (nSPS) is 12.8. The predicted molar refractivity (Wildman–Crippen MR) is 82.0 cm³/mol. The SMILES string of the molecule is CCCCC(C(=O)O)n1cnc2c(oc3ccccc32)c1=O. The van der Waals surface area contributed by atoms with Crippen LogP contribution < -0.4 is 5.56 Å². The number of unbranched alkanes of at least 4 members (excludes halogenated alkanes) is 1. The molecule has 2 aromatic heterocycles. The monoisotopic (exact) mass is 300 g/mol. The van der Waals surface area contributed by atoms with Gasteiger partial charge in [-0.3, -0.25) is 9.36 Å². The lowest BCUT2D eigenvalue weighted by molar-refractivity contribution is -0.141. The van der Waals surface area contributed by atoms with Crippen molar-refractivity contribution in [3.63, 3.8) is 0 Å². The fourth-order valence-corrected chi connectivity index (χ4v) is 2.60. The highest BCUT2D eigenvalue weighted by molar-refractivity contribution is 6.01. The van der Waals surface area contributed by atoms with Gasteiger partial charge < -0.3 is 9.52 Å². The Kier molecular flexibility index (Phi) is 3.66. The highest BCUT2D eigenvalue weighted by Gasteiger charge is 2.23. The molecule has 3 aromatic rings. The fraction of sp³-hybridized carbons (Fsp3) is 0.312. The summed E-state index contributed by atoms with van der Waals surface area (Å²) in [6.07, 6.45) is 3.28. The van der Waals surface area contributed by atoms with E-state index in [1.165, 1.54) is 6.33 Å². The van der Waals surface area contributed by atoms with Gasteiger partial charge in [-0.25, -0.2) is 9.78 Å². The summed E-state index contributed by atoms with van der Waals surface area (Å²) >= 11 is 0. The summed E-state index contributed by atoms with van der Waals surface area (Å²) in [5, 5.41) is 10.1. The summed E-state index contributed by atoms with van der Waals surface area (Å²) in [5.41, 5.74) is 0.688. The summed E-state index contributed by atoms with van der Waals surface area (Å²) in [6, 6.07) is 6.31. The van der Waals surface area contributed by atoms with E-state index >= 15 is 0 Å². The minimum Gasteiger partial charge on any atom is -0.480 e. The Labute approximate surface area is 126 Å². The maximum absolute atomic E-state index is 12.6. The predicted octanol–water partition coefficient (Wildman–Crippen LogP) is 2.96. The summed E-state index contributed by atoms with van der Waals surface area (Å²) < 4.78 is 6.72. The smallest absolute Gasteiger partial charge is 0.326 e. The zero-order chi connectivity index (χ0) is 15.7. The molecular weight excluding hydrogens is 284 g/mol. The molecule has 0 aliphatic rings. The van der Waals surface area contributed by atoms with Crippen molar-refractivity contribution >= 4 is 28.0 Å². The van der Waals surface area contributed by atoms with Gasteiger partial charge in [0.05, 0.1) is 6.33 Å². The fourth-order valence-electron chi connectivity index (χ4n) is 2.60. The summed E-state index contributed by atoms with van der Waals surface area (Å²) in [6.45, 7) is 1.97. The van der Waals surface area contributed by atoms with E-state index in [9.17, 15) is 14.7 Å². The number of furan rings is 1. The number of carbonyl (C=O) groups is 1. The van der Waals surface area contributed by atoms with Crippen LogP contribution in [0.15, 0.2) is 39.8 Å². The lowest BCUT2D eigenvalue weighted by atomic mass is 10.1. The average molecular weight is 300 g/mol. The van der Waals surface area contributed by atoms with Crippen LogP contribution in [0.25, 0.3) is 22.1 Å². The second-order valence-corrected chi connectivity index (χ2v) is 5.23. The molecule has 1 aromatic carbocycles. The van der Waals surface area contributed by atoms with E-state index in [0.29, 0.717) is 17.5 Å². The Morgan fingerprint density at radius 1 is 1.41 bits per heavy atom. The molecule has 0 saturated heterocycles. The third-order valence-electron chi connectivity index (χ3n) is 3.76. The molecule has 22 heavy (non-hydrogen) atoms.